The molecule has 0 nitrogen and oxygen atoms in total. The van der Waals surface area contributed by atoms with E-state index in [9.17, 15) is 0 Å². The molecule has 3 aromatic carbocycles. The van der Waals surface area contributed by atoms with Crippen molar-refractivity contribution in [2.45, 2.75) is 11.8 Å². The van der Waals surface area contributed by atoms with Crippen LogP contribution in [0.5, 0.6) is 0 Å². The lowest BCUT2D eigenvalue weighted by Crippen LogP contribution is -1.97. The second kappa shape index (κ2) is 6.39. The average molecular weight is 516 g/mol. The molecule has 0 fully saturated rings. The Morgan fingerprint density at radius 1 is 0.905 bits per heavy atom. The van der Waals surface area contributed by atoms with Gasteiger partial charge in [-0.25, -0.2) is 0 Å². The zero-order valence-electron chi connectivity index (χ0n) is 11.4. The van der Waals surface area contributed by atoms with Gasteiger partial charge in [-0.3, -0.25) is 0 Å². The van der Waals surface area contributed by atoms with Gasteiger partial charge < -0.3 is 0 Å². The van der Waals surface area contributed by atoms with Crippen LogP contribution in [0.4, 0.5) is 0 Å². The van der Waals surface area contributed by atoms with Crippen LogP contribution in [-0.4, -0.2) is 0 Å². The second-order valence-corrected chi connectivity index (χ2v) is 8.06. The first kappa shape index (κ1) is 15.5. The number of halogens is 3. The van der Waals surface area contributed by atoms with E-state index < -0.39 is 0 Å². The predicted molar refractivity (Wildman–Crippen MR) is 106 cm³/mol. The molecule has 1 atom stereocenters. The summed E-state index contributed by atoms with van der Waals surface area (Å²) in [5.74, 6) is 0. The van der Waals surface area contributed by atoms with Crippen molar-refractivity contribution in [1.29, 1.82) is 0 Å². The fourth-order valence-corrected chi connectivity index (χ4v) is 4.65. The Balaban J connectivity index is 2.20. The summed E-state index contributed by atoms with van der Waals surface area (Å²) in [6.07, 6.45) is 0. The van der Waals surface area contributed by atoms with Crippen molar-refractivity contribution in [3.05, 3.63) is 79.3 Å². The predicted octanol–water partition coefficient (Wildman–Crippen LogP) is 7.00. The molecule has 0 aliphatic rings. The molecular formula is C18H13Br2I. The maximum atomic E-state index is 3.89. The van der Waals surface area contributed by atoms with Crippen LogP contribution in [0.1, 0.15) is 21.5 Å². The third-order valence-electron chi connectivity index (χ3n) is 3.68. The molecule has 0 heterocycles. The molecule has 0 aromatic heterocycles. The Bertz CT molecular complexity index is 811. The Kier molecular flexibility index (Phi) is 4.71. The van der Waals surface area contributed by atoms with Gasteiger partial charge in [-0.15, -0.1) is 0 Å². The smallest absolute Gasteiger partial charge is 0.0661 e. The molecule has 3 aromatic rings. The Morgan fingerprint density at radius 3 is 2.38 bits per heavy atom. The SMILES string of the molecule is Cc1ccc(C(Br)c2cc(I)ccc2Br)c2ccccc12. The highest BCUT2D eigenvalue weighted by molar-refractivity contribution is 14.1. The molecule has 1 unspecified atom stereocenters. The molecule has 0 aliphatic carbocycles. The number of alkyl halides is 1. The summed E-state index contributed by atoms with van der Waals surface area (Å²) in [5, 5.41) is 2.63. The van der Waals surface area contributed by atoms with Gasteiger partial charge in [0.2, 0.25) is 0 Å². The lowest BCUT2D eigenvalue weighted by Gasteiger charge is -2.17. The summed E-state index contributed by atoms with van der Waals surface area (Å²) < 4.78 is 2.38. The number of hydrogen-bond acceptors (Lipinski definition) is 0. The molecule has 0 N–H and O–H groups in total. The lowest BCUT2D eigenvalue weighted by atomic mass is 9.96. The highest BCUT2D eigenvalue weighted by Crippen LogP contribution is 2.39. The fraction of sp³-hybridized carbons (Fsp3) is 0.111. The monoisotopic (exact) mass is 514 g/mol. The largest absolute Gasteiger partial charge is 0.0786 e. The molecule has 0 spiro atoms. The lowest BCUT2D eigenvalue weighted by molar-refractivity contribution is 1.17. The summed E-state index contributed by atoms with van der Waals surface area (Å²) in [7, 11) is 0. The number of hydrogen-bond donors (Lipinski definition) is 0. The van der Waals surface area contributed by atoms with Gasteiger partial charge in [0.15, 0.2) is 0 Å². The molecule has 3 rings (SSSR count). The van der Waals surface area contributed by atoms with E-state index in [-0.39, 0.29) is 4.83 Å². The molecule has 0 saturated carbocycles. The van der Waals surface area contributed by atoms with Crippen molar-refractivity contribution < 1.29 is 0 Å². The normalized spacial score (nSPS) is 12.6. The maximum absolute atomic E-state index is 3.89. The Labute approximate surface area is 155 Å². The third-order valence-corrected chi connectivity index (χ3v) is 6.06. The van der Waals surface area contributed by atoms with Gasteiger partial charge in [0, 0.05) is 8.04 Å². The molecule has 106 valence electrons. The summed E-state index contributed by atoms with van der Waals surface area (Å²) >= 11 is 9.92. The standard InChI is InChI=1S/C18H13Br2I/c1-11-6-8-15(14-5-3-2-4-13(11)14)18(20)16-10-12(21)7-9-17(16)19/h2-10,18H,1H3. The van der Waals surface area contributed by atoms with E-state index >= 15 is 0 Å². The van der Waals surface area contributed by atoms with Crippen LogP contribution in [0.15, 0.2) is 59.1 Å². The number of aryl methyl sites for hydroxylation is 1. The van der Waals surface area contributed by atoms with Gasteiger partial charge in [0.05, 0.1) is 4.83 Å². The number of fused-ring (bicyclic) bond motifs is 1. The minimum atomic E-state index is 0.173. The van der Waals surface area contributed by atoms with Crippen molar-refractivity contribution in [1.82, 2.24) is 0 Å². The first-order valence-electron chi connectivity index (χ1n) is 6.65. The minimum absolute atomic E-state index is 0.173. The van der Waals surface area contributed by atoms with Gasteiger partial charge in [0.1, 0.15) is 0 Å². The van der Waals surface area contributed by atoms with Crippen molar-refractivity contribution in [2.24, 2.45) is 0 Å². The van der Waals surface area contributed by atoms with Crippen molar-refractivity contribution >= 4 is 65.2 Å². The van der Waals surface area contributed by atoms with E-state index in [0.717, 1.165) is 4.47 Å². The molecule has 0 bridgehead atoms. The van der Waals surface area contributed by atoms with Gasteiger partial charge in [-0.05, 0) is 75.2 Å². The highest BCUT2D eigenvalue weighted by atomic mass is 127. The van der Waals surface area contributed by atoms with E-state index in [2.05, 4.69) is 116 Å². The van der Waals surface area contributed by atoms with Crippen molar-refractivity contribution in [3.8, 4) is 0 Å². The molecule has 0 amide bonds. The van der Waals surface area contributed by atoms with Crippen LogP contribution in [0.3, 0.4) is 0 Å². The first-order chi connectivity index (χ1) is 10.1. The maximum Gasteiger partial charge on any atom is 0.0661 e. The molecule has 0 radical (unpaired) electrons. The van der Waals surface area contributed by atoms with Gasteiger partial charge in [-0.1, -0.05) is 68.3 Å². The van der Waals surface area contributed by atoms with Crippen LogP contribution in [-0.2, 0) is 0 Å². The van der Waals surface area contributed by atoms with Gasteiger partial charge >= 0.3 is 0 Å². The summed E-state index contributed by atoms with van der Waals surface area (Å²) in [6.45, 7) is 2.16. The topological polar surface area (TPSA) is 0 Å². The fourth-order valence-electron chi connectivity index (χ4n) is 2.57. The van der Waals surface area contributed by atoms with E-state index in [1.165, 1.54) is 31.0 Å². The highest BCUT2D eigenvalue weighted by Gasteiger charge is 2.17. The minimum Gasteiger partial charge on any atom is -0.0786 e. The zero-order chi connectivity index (χ0) is 15.0. The Morgan fingerprint density at radius 2 is 1.62 bits per heavy atom. The first-order valence-corrected chi connectivity index (χ1v) is 9.44. The van der Waals surface area contributed by atoms with Crippen LogP contribution < -0.4 is 0 Å². The van der Waals surface area contributed by atoms with E-state index in [1.807, 2.05) is 0 Å². The summed E-state index contributed by atoms with van der Waals surface area (Å²) in [4.78, 5) is 0.173. The van der Waals surface area contributed by atoms with Crippen molar-refractivity contribution in [2.75, 3.05) is 0 Å². The second-order valence-electron chi connectivity index (χ2n) is 5.05. The average Bonchev–Trinajstić information content (AvgIpc) is 2.50. The van der Waals surface area contributed by atoms with Gasteiger partial charge in [-0.2, -0.15) is 0 Å². The van der Waals surface area contributed by atoms with Crippen LogP contribution >= 0.6 is 54.5 Å². The molecule has 0 aliphatic heterocycles. The van der Waals surface area contributed by atoms with Crippen LogP contribution in [0, 0.1) is 10.5 Å². The number of benzene rings is 3. The van der Waals surface area contributed by atoms with Crippen molar-refractivity contribution in [3.63, 3.8) is 0 Å². The Hall–Kier alpha value is -0.390. The quantitative estimate of drug-likeness (QED) is 0.255. The summed E-state index contributed by atoms with van der Waals surface area (Å²) in [5.41, 5.74) is 3.88. The zero-order valence-corrected chi connectivity index (χ0v) is 16.7. The third kappa shape index (κ3) is 3.06. The van der Waals surface area contributed by atoms with E-state index in [1.54, 1.807) is 0 Å². The summed E-state index contributed by atoms with van der Waals surface area (Å²) in [6, 6.07) is 19.5. The van der Waals surface area contributed by atoms with Crippen LogP contribution in [0.2, 0.25) is 0 Å². The molecule has 3 heteroatoms. The molecule has 21 heavy (non-hydrogen) atoms. The molecule has 0 saturated heterocycles. The van der Waals surface area contributed by atoms with E-state index in [4.69, 9.17) is 0 Å². The van der Waals surface area contributed by atoms with Crippen LogP contribution in [0.25, 0.3) is 10.8 Å². The van der Waals surface area contributed by atoms with E-state index in [0.29, 0.717) is 0 Å². The van der Waals surface area contributed by atoms with Gasteiger partial charge in [0.25, 0.3) is 0 Å². The molecular weight excluding hydrogens is 503 g/mol. The number of rotatable bonds is 2.